The Balaban J connectivity index is 2.02. The zero-order valence-corrected chi connectivity index (χ0v) is 13.7. The number of para-hydroxylation sites is 1. The number of anilines is 2. The van der Waals surface area contributed by atoms with Crippen LogP contribution in [0, 0.1) is 6.92 Å². The first-order valence-electron chi connectivity index (χ1n) is 6.47. The van der Waals surface area contributed by atoms with Crippen LogP contribution in [0.4, 0.5) is 11.6 Å². The Bertz CT molecular complexity index is 768. The Morgan fingerprint density at radius 1 is 1.10 bits per heavy atom. The zero-order valence-electron chi connectivity index (χ0n) is 11.3. The van der Waals surface area contributed by atoms with Crippen molar-refractivity contribution in [2.24, 2.45) is 0 Å². The molecule has 21 heavy (non-hydrogen) atoms. The van der Waals surface area contributed by atoms with E-state index in [-0.39, 0.29) is 0 Å². The molecule has 0 saturated carbocycles. The van der Waals surface area contributed by atoms with Gasteiger partial charge in [-0.15, -0.1) is 0 Å². The molecule has 3 aromatic rings. The number of aryl methyl sites for hydroxylation is 1. The summed E-state index contributed by atoms with van der Waals surface area (Å²) < 4.78 is 2.84. The smallest absolute Gasteiger partial charge is 0.212 e. The van der Waals surface area contributed by atoms with E-state index in [2.05, 4.69) is 26.2 Å². The van der Waals surface area contributed by atoms with Gasteiger partial charge in [-0.25, -0.2) is 4.98 Å². The third-order valence-electron chi connectivity index (χ3n) is 3.06. The van der Waals surface area contributed by atoms with Gasteiger partial charge in [0.15, 0.2) is 0 Å². The van der Waals surface area contributed by atoms with Gasteiger partial charge in [0, 0.05) is 11.9 Å². The summed E-state index contributed by atoms with van der Waals surface area (Å²) in [6.07, 6.45) is 2.00. The molecule has 0 fully saturated rings. The lowest BCUT2D eigenvalue weighted by atomic mass is 10.3. The lowest BCUT2D eigenvalue weighted by Gasteiger charge is -2.11. The number of hydrogen-bond donors (Lipinski definition) is 1. The highest BCUT2D eigenvalue weighted by molar-refractivity contribution is 9.10. The van der Waals surface area contributed by atoms with E-state index in [1.165, 1.54) is 0 Å². The third-order valence-corrected chi connectivity index (χ3v) is 4.46. The fourth-order valence-electron chi connectivity index (χ4n) is 2.09. The Labute approximate surface area is 136 Å². The van der Waals surface area contributed by atoms with Crippen LogP contribution in [0.2, 0.25) is 5.02 Å². The molecule has 0 atom stereocenters. The molecule has 1 heterocycles. The van der Waals surface area contributed by atoms with Crippen molar-refractivity contribution in [1.82, 2.24) is 9.55 Å². The van der Waals surface area contributed by atoms with Gasteiger partial charge in [-0.3, -0.25) is 4.57 Å². The van der Waals surface area contributed by atoms with E-state index < -0.39 is 0 Å². The molecule has 0 saturated heterocycles. The highest BCUT2D eigenvalue weighted by atomic mass is 79.9. The molecule has 0 bridgehead atoms. The first-order chi connectivity index (χ1) is 10.1. The van der Waals surface area contributed by atoms with Gasteiger partial charge in [0.25, 0.3) is 0 Å². The third kappa shape index (κ3) is 2.96. The molecule has 1 aromatic heterocycles. The van der Waals surface area contributed by atoms with Gasteiger partial charge in [0.05, 0.1) is 20.9 Å². The Kier molecular flexibility index (Phi) is 3.99. The van der Waals surface area contributed by atoms with E-state index in [4.69, 9.17) is 11.6 Å². The van der Waals surface area contributed by atoms with Gasteiger partial charge in [-0.1, -0.05) is 35.9 Å². The summed E-state index contributed by atoms with van der Waals surface area (Å²) >= 11 is 9.62. The lowest BCUT2D eigenvalue weighted by molar-refractivity contribution is 1.06. The van der Waals surface area contributed by atoms with Crippen LogP contribution >= 0.6 is 27.5 Å². The number of nitrogens with one attached hydrogen (secondary N) is 1. The zero-order chi connectivity index (χ0) is 14.8. The second-order valence-electron chi connectivity index (χ2n) is 4.64. The second kappa shape index (κ2) is 5.92. The van der Waals surface area contributed by atoms with Crippen molar-refractivity contribution in [1.29, 1.82) is 0 Å². The predicted molar refractivity (Wildman–Crippen MR) is 90.7 cm³/mol. The maximum Gasteiger partial charge on any atom is 0.212 e. The maximum atomic E-state index is 6.13. The molecule has 0 aliphatic carbocycles. The van der Waals surface area contributed by atoms with E-state index in [0.717, 1.165) is 27.5 Å². The van der Waals surface area contributed by atoms with Crippen LogP contribution in [0.1, 0.15) is 5.69 Å². The van der Waals surface area contributed by atoms with Gasteiger partial charge in [-0.05, 0) is 47.1 Å². The highest BCUT2D eigenvalue weighted by Gasteiger charge is 2.10. The van der Waals surface area contributed by atoms with Crippen LogP contribution < -0.4 is 5.32 Å². The van der Waals surface area contributed by atoms with Crippen molar-refractivity contribution in [3.8, 4) is 5.69 Å². The Morgan fingerprint density at radius 2 is 1.86 bits per heavy atom. The Morgan fingerprint density at radius 3 is 2.62 bits per heavy atom. The monoisotopic (exact) mass is 361 g/mol. The largest absolute Gasteiger partial charge is 0.324 e. The summed E-state index contributed by atoms with van der Waals surface area (Å²) in [6, 6.07) is 15.8. The molecule has 0 radical (unpaired) electrons. The van der Waals surface area contributed by atoms with E-state index in [1.807, 2.05) is 66.2 Å². The first kappa shape index (κ1) is 14.2. The summed E-state index contributed by atoms with van der Waals surface area (Å²) in [5.74, 6) is 0.752. The molecular weight excluding hydrogens is 350 g/mol. The summed E-state index contributed by atoms with van der Waals surface area (Å²) in [7, 11) is 0. The maximum absolute atomic E-state index is 6.13. The van der Waals surface area contributed by atoms with Gasteiger partial charge < -0.3 is 5.32 Å². The lowest BCUT2D eigenvalue weighted by Crippen LogP contribution is -2.01. The van der Waals surface area contributed by atoms with Crippen molar-refractivity contribution >= 4 is 39.2 Å². The van der Waals surface area contributed by atoms with Crippen LogP contribution in [-0.4, -0.2) is 9.55 Å². The number of aromatic nitrogens is 2. The normalized spacial score (nSPS) is 10.6. The molecule has 0 spiro atoms. The summed E-state index contributed by atoms with van der Waals surface area (Å²) in [6.45, 7) is 1.97. The van der Waals surface area contributed by atoms with E-state index >= 15 is 0 Å². The van der Waals surface area contributed by atoms with Crippen LogP contribution in [0.25, 0.3) is 5.69 Å². The highest BCUT2D eigenvalue weighted by Crippen LogP contribution is 2.32. The average Bonchev–Trinajstić information content (AvgIpc) is 2.86. The number of imidazole rings is 1. The molecule has 106 valence electrons. The fourth-order valence-corrected chi connectivity index (χ4v) is 2.63. The average molecular weight is 363 g/mol. The van der Waals surface area contributed by atoms with E-state index in [1.54, 1.807) is 0 Å². The van der Waals surface area contributed by atoms with E-state index in [0.29, 0.717) is 5.02 Å². The van der Waals surface area contributed by atoms with Crippen LogP contribution in [0.5, 0.6) is 0 Å². The minimum absolute atomic E-state index is 0.662. The molecular formula is C16H13BrClN3. The van der Waals surface area contributed by atoms with Gasteiger partial charge in [-0.2, -0.15) is 0 Å². The molecule has 0 aliphatic rings. The first-order valence-corrected chi connectivity index (χ1v) is 7.64. The van der Waals surface area contributed by atoms with Crippen molar-refractivity contribution in [3.05, 3.63) is 69.9 Å². The SMILES string of the molecule is Cc1cn(-c2ccccc2)c(Nc2cccc(Cl)c2Br)n1. The van der Waals surface area contributed by atoms with E-state index in [9.17, 15) is 0 Å². The quantitative estimate of drug-likeness (QED) is 0.681. The standard InChI is InChI=1S/C16H13BrClN3/c1-11-10-21(12-6-3-2-4-7-12)16(19-11)20-14-9-5-8-13(18)15(14)17/h2-10H,1H3,(H,19,20). The number of benzene rings is 2. The topological polar surface area (TPSA) is 29.9 Å². The molecule has 3 nitrogen and oxygen atoms in total. The molecule has 3 rings (SSSR count). The summed E-state index contributed by atoms with van der Waals surface area (Å²) in [4.78, 5) is 4.54. The number of rotatable bonds is 3. The van der Waals surface area contributed by atoms with Gasteiger partial charge >= 0.3 is 0 Å². The Hall–Kier alpha value is -1.78. The molecule has 1 N–H and O–H groups in total. The van der Waals surface area contributed by atoms with Crippen molar-refractivity contribution in [2.45, 2.75) is 6.92 Å². The predicted octanol–water partition coefficient (Wildman–Crippen LogP) is 5.34. The number of halogens is 2. The summed E-state index contributed by atoms with van der Waals surface area (Å²) in [5, 5.41) is 3.98. The van der Waals surface area contributed by atoms with Gasteiger partial charge in [0.2, 0.25) is 5.95 Å². The molecule has 5 heteroatoms. The minimum Gasteiger partial charge on any atom is -0.324 e. The molecule has 0 amide bonds. The molecule has 0 unspecified atom stereocenters. The second-order valence-corrected chi connectivity index (χ2v) is 5.84. The number of nitrogens with zero attached hydrogens (tertiary/aromatic N) is 2. The number of hydrogen-bond acceptors (Lipinski definition) is 2. The van der Waals surface area contributed by atoms with Crippen LogP contribution in [0.15, 0.2) is 59.2 Å². The molecule has 0 aliphatic heterocycles. The van der Waals surface area contributed by atoms with Crippen molar-refractivity contribution < 1.29 is 0 Å². The summed E-state index contributed by atoms with van der Waals surface area (Å²) in [5.41, 5.74) is 2.88. The van der Waals surface area contributed by atoms with Crippen LogP contribution in [-0.2, 0) is 0 Å². The molecule has 2 aromatic carbocycles. The van der Waals surface area contributed by atoms with Crippen molar-refractivity contribution in [3.63, 3.8) is 0 Å². The van der Waals surface area contributed by atoms with Gasteiger partial charge in [0.1, 0.15) is 0 Å². The minimum atomic E-state index is 0.662. The van der Waals surface area contributed by atoms with Crippen molar-refractivity contribution in [2.75, 3.05) is 5.32 Å². The fraction of sp³-hybridized carbons (Fsp3) is 0.0625. The van der Waals surface area contributed by atoms with Crippen LogP contribution in [0.3, 0.4) is 0 Å².